The molecule has 0 saturated carbocycles. The number of thioether (sulfide) groups is 1. The van der Waals surface area contributed by atoms with Gasteiger partial charge in [-0.05, 0) is 38.8 Å². The summed E-state index contributed by atoms with van der Waals surface area (Å²) in [4.78, 5) is 24.3. The third-order valence-corrected chi connectivity index (χ3v) is 5.30. The van der Waals surface area contributed by atoms with Gasteiger partial charge in [-0.25, -0.2) is 4.98 Å². The van der Waals surface area contributed by atoms with Gasteiger partial charge in [0.25, 0.3) is 0 Å². The maximum absolute atomic E-state index is 12.5. The van der Waals surface area contributed by atoms with E-state index in [9.17, 15) is 4.79 Å². The smallest absolute Gasteiger partial charge is 0.223 e. The van der Waals surface area contributed by atoms with Crippen LogP contribution in [0.3, 0.4) is 0 Å². The summed E-state index contributed by atoms with van der Waals surface area (Å²) in [7, 11) is 0. The molecule has 0 N–H and O–H groups in total. The number of ether oxygens (including phenoxy) is 1. The predicted molar refractivity (Wildman–Crippen MR) is 104 cm³/mol. The molecule has 26 heavy (non-hydrogen) atoms. The zero-order valence-electron chi connectivity index (χ0n) is 15.4. The molecule has 5 nitrogen and oxygen atoms in total. The van der Waals surface area contributed by atoms with Crippen LogP contribution in [0, 0.1) is 13.8 Å². The third-order valence-electron chi connectivity index (χ3n) is 4.29. The van der Waals surface area contributed by atoms with Gasteiger partial charge >= 0.3 is 0 Å². The molecule has 1 fully saturated rings. The largest absolute Gasteiger partial charge is 0.472 e. The molecule has 1 aliphatic rings. The average molecular weight is 372 g/mol. The lowest BCUT2D eigenvalue weighted by molar-refractivity contribution is -0.133. The van der Waals surface area contributed by atoms with Crippen LogP contribution in [0.2, 0.25) is 0 Å². The molecule has 1 atom stereocenters. The van der Waals surface area contributed by atoms with Crippen LogP contribution in [0.25, 0.3) is 0 Å². The van der Waals surface area contributed by atoms with Crippen molar-refractivity contribution >= 4 is 17.7 Å². The van der Waals surface area contributed by atoms with Crippen molar-refractivity contribution in [2.75, 3.05) is 18.8 Å². The maximum Gasteiger partial charge on any atom is 0.223 e. The van der Waals surface area contributed by atoms with Gasteiger partial charge < -0.3 is 9.64 Å². The van der Waals surface area contributed by atoms with Crippen molar-refractivity contribution in [3.8, 4) is 5.88 Å². The van der Waals surface area contributed by atoms with Crippen LogP contribution in [0.4, 0.5) is 0 Å². The lowest BCUT2D eigenvalue weighted by Crippen LogP contribution is -2.44. The molecule has 6 heteroatoms. The summed E-state index contributed by atoms with van der Waals surface area (Å²) in [6, 6.07) is 12.0. The number of carbonyl (C=O) groups excluding carboxylic acids is 1. The quantitative estimate of drug-likeness (QED) is 0.726. The summed E-state index contributed by atoms with van der Waals surface area (Å²) in [5.74, 6) is 2.32. The Hall–Kier alpha value is -2.08. The highest BCUT2D eigenvalue weighted by molar-refractivity contribution is 7.99. The molecule has 0 aliphatic carbocycles. The number of piperidine rings is 1. The molecule has 0 radical (unpaired) electrons. The van der Waals surface area contributed by atoms with Gasteiger partial charge in [0.15, 0.2) is 0 Å². The summed E-state index contributed by atoms with van der Waals surface area (Å²) in [6.07, 6.45) is 2.47. The molecule has 1 aromatic carbocycles. The van der Waals surface area contributed by atoms with Gasteiger partial charge in [0.05, 0.1) is 6.54 Å². The van der Waals surface area contributed by atoms with Gasteiger partial charge in [-0.15, -0.1) is 11.8 Å². The van der Waals surface area contributed by atoms with Crippen molar-refractivity contribution in [2.24, 2.45) is 0 Å². The first-order valence-electron chi connectivity index (χ1n) is 9.05. The number of aromatic nitrogens is 2. The van der Waals surface area contributed by atoms with Crippen LogP contribution in [0.5, 0.6) is 5.88 Å². The number of rotatable bonds is 6. The van der Waals surface area contributed by atoms with Gasteiger partial charge in [-0.2, -0.15) is 4.98 Å². The second kappa shape index (κ2) is 9.03. The fourth-order valence-corrected chi connectivity index (χ4v) is 3.97. The van der Waals surface area contributed by atoms with E-state index in [1.165, 1.54) is 4.90 Å². The molecular weight excluding hydrogens is 346 g/mol. The van der Waals surface area contributed by atoms with Gasteiger partial charge in [0.1, 0.15) is 11.9 Å². The first kappa shape index (κ1) is 18.7. The number of hydrogen-bond donors (Lipinski definition) is 0. The molecule has 3 rings (SSSR count). The fraction of sp³-hybridized carbons (Fsp3) is 0.450. The maximum atomic E-state index is 12.5. The Labute approximate surface area is 159 Å². The summed E-state index contributed by atoms with van der Waals surface area (Å²) >= 11 is 1.72. The van der Waals surface area contributed by atoms with E-state index in [1.54, 1.807) is 11.8 Å². The molecule has 1 saturated heterocycles. The fourth-order valence-electron chi connectivity index (χ4n) is 3.11. The minimum atomic E-state index is 0.00294. The van der Waals surface area contributed by atoms with E-state index in [0.29, 0.717) is 24.7 Å². The van der Waals surface area contributed by atoms with Crippen molar-refractivity contribution in [3.63, 3.8) is 0 Å². The van der Waals surface area contributed by atoms with E-state index in [2.05, 4.69) is 22.1 Å². The number of benzene rings is 1. The number of nitrogens with zero attached hydrogens (tertiary/aromatic N) is 3. The minimum absolute atomic E-state index is 0.00294. The Balaban J connectivity index is 1.48. The number of hydrogen-bond acceptors (Lipinski definition) is 5. The van der Waals surface area contributed by atoms with Crippen LogP contribution in [0.15, 0.2) is 41.3 Å². The normalized spacial score (nSPS) is 17.2. The van der Waals surface area contributed by atoms with Crippen LogP contribution in [-0.4, -0.2) is 45.7 Å². The van der Waals surface area contributed by atoms with Crippen molar-refractivity contribution in [3.05, 3.63) is 47.9 Å². The van der Waals surface area contributed by atoms with E-state index in [-0.39, 0.29) is 12.0 Å². The predicted octanol–water partition coefficient (Wildman–Crippen LogP) is 3.65. The van der Waals surface area contributed by atoms with Gasteiger partial charge in [0, 0.05) is 35.4 Å². The molecule has 1 amide bonds. The molecule has 1 unspecified atom stereocenters. The number of likely N-dealkylation sites (tertiary alicyclic amines) is 1. The first-order valence-corrected chi connectivity index (χ1v) is 10.0. The Morgan fingerprint density at radius 2 is 2.08 bits per heavy atom. The molecule has 0 spiro atoms. The highest BCUT2D eigenvalue weighted by atomic mass is 32.2. The van der Waals surface area contributed by atoms with E-state index in [1.807, 2.05) is 43.0 Å². The number of aryl methyl sites for hydroxylation is 2. The van der Waals surface area contributed by atoms with Gasteiger partial charge in [-0.1, -0.05) is 18.2 Å². The lowest BCUT2D eigenvalue weighted by Gasteiger charge is -2.32. The Morgan fingerprint density at radius 3 is 2.85 bits per heavy atom. The zero-order chi connectivity index (χ0) is 18.4. The Kier molecular flexibility index (Phi) is 6.50. The second-order valence-electron chi connectivity index (χ2n) is 6.53. The second-order valence-corrected chi connectivity index (χ2v) is 7.70. The van der Waals surface area contributed by atoms with Crippen LogP contribution in [-0.2, 0) is 4.79 Å². The highest BCUT2D eigenvalue weighted by Crippen LogP contribution is 2.21. The van der Waals surface area contributed by atoms with Crippen LogP contribution in [0.1, 0.15) is 30.8 Å². The lowest BCUT2D eigenvalue weighted by atomic mass is 10.1. The van der Waals surface area contributed by atoms with Crippen LogP contribution >= 0.6 is 11.8 Å². The molecule has 1 aliphatic heterocycles. The summed E-state index contributed by atoms with van der Waals surface area (Å²) in [6.45, 7) is 5.25. The molecular formula is C20H25N3O2S. The van der Waals surface area contributed by atoms with Crippen molar-refractivity contribution in [2.45, 2.75) is 44.1 Å². The summed E-state index contributed by atoms with van der Waals surface area (Å²) < 4.78 is 6.02. The third kappa shape index (κ3) is 5.46. The Morgan fingerprint density at radius 1 is 1.27 bits per heavy atom. The molecule has 1 aromatic heterocycles. The Bertz CT molecular complexity index is 719. The van der Waals surface area contributed by atoms with Gasteiger partial charge in [-0.3, -0.25) is 4.79 Å². The monoisotopic (exact) mass is 371 g/mol. The minimum Gasteiger partial charge on any atom is -0.472 e. The van der Waals surface area contributed by atoms with E-state index in [4.69, 9.17) is 4.74 Å². The van der Waals surface area contributed by atoms with Crippen molar-refractivity contribution in [1.29, 1.82) is 0 Å². The summed E-state index contributed by atoms with van der Waals surface area (Å²) in [5.41, 5.74) is 0.897. The number of amides is 1. The standard InChI is InChI=1S/C20H25N3O2S/c1-15-13-19(22-16(2)21-15)25-17-7-6-11-23(14-17)20(24)10-12-26-18-8-4-3-5-9-18/h3-5,8-9,13,17H,6-7,10-12,14H2,1-2H3. The van der Waals surface area contributed by atoms with E-state index >= 15 is 0 Å². The zero-order valence-corrected chi connectivity index (χ0v) is 16.2. The molecule has 2 heterocycles. The highest BCUT2D eigenvalue weighted by Gasteiger charge is 2.25. The SMILES string of the molecule is Cc1cc(OC2CCCN(C(=O)CCSc3ccccc3)C2)nc(C)n1. The van der Waals surface area contributed by atoms with E-state index < -0.39 is 0 Å². The molecule has 0 bridgehead atoms. The molecule has 138 valence electrons. The van der Waals surface area contributed by atoms with E-state index in [0.717, 1.165) is 30.8 Å². The first-order chi connectivity index (χ1) is 12.6. The number of carbonyl (C=O) groups is 1. The van der Waals surface area contributed by atoms with Crippen LogP contribution < -0.4 is 4.74 Å². The molecule has 2 aromatic rings. The topological polar surface area (TPSA) is 55.3 Å². The van der Waals surface area contributed by atoms with Crippen molar-refractivity contribution < 1.29 is 9.53 Å². The summed E-state index contributed by atoms with van der Waals surface area (Å²) in [5, 5.41) is 0. The van der Waals surface area contributed by atoms with Gasteiger partial charge in [0.2, 0.25) is 11.8 Å². The average Bonchev–Trinajstić information content (AvgIpc) is 2.62. The van der Waals surface area contributed by atoms with Crippen molar-refractivity contribution in [1.82, 2.24) is 14.9 Å².